The first-order valence-electron chi connectivity index (χ1n) is 14.4. The molecular formula is C32H37N3O5. The summed E-state index contributed by atoms with van der Waals surface area (Å²) in [5, 5.41) is 6.24. The molecule has 3 amide bonds. The van der Waals surface area contributed by atoms with Crippen LogP contribution >= 0.6 is 0 Å². The third-order valence-electron chi connectivity index (χ3n) is 9.19. The number of nitrogens with zero attached hydrogens (tertiary/aromatic N) is 1. The lowest BCUT2D eigenvalue weighted by atomic mass is 9.74. The number of hydrogen-bond donors (Lipinski definition) is 2. The van der Waals surface area contributed by atoms with E-state index < -0.39 is 29.6 Å². The monoisotopic (exact) mass is 543 g/mol. The van der Waals surface area contributed by atoms with Crippen LogP contribution in [0.25, 0.3) is 0 Å². The van der Waals surface area contributed by atoms with Crippen molar-refractivity contribution in [3.05, 3.63) is 72.3 Å². The molecule has 4 aliphatic rings. The summed E-state index contributed by atoms with van der Waals surface area (Å²) < 4.78 is 11.8. The van der Waals surface area contributed by atoms with Gasteiger partial charge in [0.15, 0.2) is 0 Å². The first-order valence-corrected chi connectivity index (χ1v) is 14.4. The van der Waals surface area contributed by atoms with Gasteiger partial charge in [0.1, 0.15) is 17.4 Å². The fourth-order valence-electron chi connectivity index (χ4n) is 7.12. The van der Waals surface area contributed by atoms with Gasteiger partial charge >= 0.3 is 0 Å². The van der Waals surface area contributed by atoms with Crippen LogP contribution in [0.5, 0.6) is 5.75 Å². The fraction of sp³-hybridized carbons (Fsp3) is 0.469. The van der Waals surface area contributed by atoms with E-state index in [0.29, 0.717) is 30.3 Å². The number of hydrogen-bond acceptors (Lipinski definition) is 5. The molecule has 2 aromatic carbocycles. The molecule has 2 N–H and O–H groups in total. The Kier molecular flexibility index (Phi) is 7.13. The summed E-state index contributed by atoms with van der Waals surface area (Å²) >= 11 is 0. The molecule has 3 aliphatic heterocycles. The molecule has 0 unspecified atom stereocenters. The number of nitrogens with one attached hydrogen (secondary N) is 2. The molecule has 2 aromatic rings. The van der Waals surface area contributed by atoms with Gasteiger partial charge in [0.05, 0.1) is 25.0 Å². The SMILES string of the molecule is COc1cccc(NC(=O)[C@H]2[C@H]3C=C[C@@]4(O3)[C@H]2C(=O)N(CCc2ccccc2)[C@@H]4C(=O)N[C@H]2CCCC[C@@H]2C)c1. The van der Waals surface area contributed by atoms with Crippen molar-refractivity contribution in [2.45, 2.75) is 62.8 Å². The summed E-state index contributed by atoms with van der Waals surface area (Å²) in [5.74, 6) is -1.22. The Bertz CT molecular complexity index is 1310. The number of benzene rings is 2. The van der Waals surface area contributed by atoms with Crippen LogP contribution in [0.1, 0.15) is 38.2 Å². The summed E-state index contributed by atoms with van der Waals surface area (Å²) in [5.41, 5.74) is 0.492. The Balaban J connectivity index is 1.29. The third kappa shape index (κ3) is 4.58. The number of rotatable bonds is 8. The van der Waals surface area contributed by atoms with E-state index in [1.807, 2.05) is 42.5 Å². The average Bonchev–Trinajstić information content (AvgIpc) is 3.61. The second-order valence-corrected chi connectivity index (χ2v) is 11.6. The van der Waals surface area contributed by atoms with Gasteiger partial charge in [-0.3, -0.25) is 14.4 Å². The predicted octanol–water partition coefficient (Wildman–Crippen LogP) is 3.72. The topological polar surface area (TPSA) is 97.0 Å². The molecule has 0 radical (unpaired) electrons. The van der Waals surface area contributed by atoms with Crippen molar-refractivity contribution >= 4 is 23.4 Å². The number of amides is 3. The van der Waals surface area contributed by atoms with Crippen LogP contribution < -0.4 is 15.4 Å². The predicted molar refractivity (Wildman–Crippen MR) is 151 cm³/mol. The molecular weight excluding hydrogens is 506 g/mol. The third-order valence-corrected chi connectivity index (χ3v) is 9.19. The zero-order valence-electron chi connectivity index (χ0n) is 23.0. The highest BCUT2D eigenvalue weighted by Gasteiger charge is 2.72. The summed E-state index contributed by atoms with van der Waals surface area (Å²) in [6, 6.07) is 16.3. The molecule has 6 rings (SSSR count). The maximum absolute atomic E-state index is 14.2. The van der Waals surface area contributed by atoms with Crippen LogP contribution in [-0.2, 0) is 25.5 Å². The number of methoxy groups -OCH3 is 1. The van der Waals surface area contributed by atoms with Crippen LogP contribution in [-0.4, -0.2) is 60.1 Å². The van der Waals surface area contributed by atoms with Crippen molar-refractivity contribution in [3.8, 4) is 5.75 Å². The van der Waals surface area contributed by atoms with Crippen molar-refractivity contribution < 1.29 is 23.9 Å². The number of fused-ring (bicyclic) bond motifs is 1. The largest absolute Gasteiger partial charge is 0.497 e. The van der Waals surface area contributed by atoms with Crippen LogP contribution in [0, 0.1) is 17.8 Å². The Morgan fingerprint density at radius 1 is 1.07 bits per heavy atom. The van der Waals surface area contributed by atoms with E-state index in [-0.39, 0.29) is 23.8 Å². The highest BCUT2D eigenvalue weighted by molar-refractivity contribution is 6.02. The zero-order chi connectivity index (χ0) is 27.9. The molecule has 3 heterocycles. The van der Waals surface area contributed by atoms with Gasteiger partial charge in [-0.25, -0.2) is 0 Å². The van der Waals surface area contributed by atoms with Gasteiger partial charge in [0.2, 0.25) is 17.7 Å². The molecule has 7 atom stereocenters. The van der Waals surface area contributed by atoms with Crippen LogP contribution in [0.15, 0.2) is 66.7 Å². The first-order chi connectivity index (χ1) is 19.4. The minimum atomic E-state index is -1.17. The van der Waals surface area contributed by atoms with E-state index in [4.69, 9.17) is 9.47 Å². The van der Waals surface area contributed by atoms with Gasteiger partial charge in [0, 0.05) is 24.3 Å². The molecule has 210 valence electrons. The summed E-state index contributed by atoms with van der Waals surface area (Å²) in [4.78, 5) is 43.6. The van der Waals surface area contributed by atoms with E-state index >= 15 is 0 Å². The zero-order valence-corrected chi connectivity index (χ0v) is 23.0. The van der Waals surface area contributed by atoms with Crippen LogP contribution in [0.4, 0.5) is 5.69 Å². The van der Waals surface area contributed by atoms with Crippen LogP contribution in [0.2, 0.25) is 0 Å². The second kappa shape index (κ2) is 10.7. The fourth-order valence-corrected chi connectivity index (χ4v) is 7.12. The maximum atomic E-state index is 14.2. The van der Waals surface area contributed by atoms with Gasteiger partial charge in [-0.2, -0.15) is 0 Å². The highest BCUT2D eigenvalue weighted by atomic mass is 16.5. The Hall–Kier alpha value is -3.65. The molecule has 1 aliphatic carbocycles. The Morgan fingerprint density at radius 2 is 1.88 bits per heavy atom. The van der Waals surface area contributed by atoms with Gasteiger partial charge < -0.3 is 25.0 Å². The molecule has 40 heavy (non-hydrogen) atoms. The summed E-state index contributed by atoms with van der Waals surface area (Å²) in [6.07, 6.45) is 8.00. The number of ether oxygens (including phenoxy) is 2. The van der Waals surface area contributed by atoms with Gasteiger partial charge in [-0.15, -0.1) is 0 Å². The number of anilines is 1. The quantitative estimate of drug-likeness (QED) is 0.495. The minimum Gasteiger partial charge on any atom is -0.497 e. The summed E-state index contributed by atoms with van der Waals surface area (Å²) in [7, 11) is 1.57. The van der Waals surface area contributed by atoms with Gasteiger partial charge in [-0.1, -0.05) is 68.3 Å². The van der Waals surface area contributed by atoms with E-state index in [0.717, 1.165) is 24.8 Å². The lowest BCUT2D eigenvalue weighted by Crippen LogP contribution is -2.57. The van der Waals surface area contributed by atoms with Crippen molar-refractivity contribution in [1.29, 1.82) is 0 Å². The van der Waals surface area contributed by atoms with Crippen molar-refractivity contribution in [3.63, 3.8) is 0 Å². The number of carbonyl (C=O) groups excluding carboxylic acids is 3. The smallest absolute Gasteiger partial charge is 0.246 e. The van der Waals surface area contributed by atoms with E-state index in [1.165, 1.54) is 6.42 Å². The van der Waals surface area contributed by atoms with Crippen molar-refractivity contribution in [2.24, 2.45) is 17.8 Å². The molecule has 0 aromatic heterocycles. The van der Waals surface area contributed by atoms with E-state index in [2.05, 4.69) is 17.6 Å². The molecule has 1 saturated carbocycles. The molecule has 3 fully saturated rings. The standard InChI is InChI=1S/C32H37N3O5/c1-20-9-6-7-14-24(20)34-30(37)28-32-17-15-25(40-32)26(29(36)33-22-12-8-13-23(19-22)39-2)27(32)31(38)35(28)18-16-21-10-4-3-5-11-21/h3-5,8,10-13,15,17,19-20,24-28H,6-7,9,14,16,18H2,1-2H3,(H,33,36)(H,34,37)/t20-,24-,25+,26-,27+,28+,32+/m0/s1. The van der Waals surface area contributed by atoms with E-state index in [9.17, 15) is 14.4 Å². The first kappa shape index (κ1) is 26.6. The second-order valence-electron chi connectivity index (χ2n) is 11.6. The minimum absolute atomic E-state index is 0.0671. The molecule has 1 spiro atoms. The lowest BCUT2D eigenvalue weighted by Gasteiger charge is -2.36. The molecule has 2 saturated heterocycles. The van der Waals surface area contributed by atoms with Crippen molar-refractivity contribution in [2.75, 3.05) is 19.0 Å². The highest BCUT2D eigenvalue weighted by Crippen LogP contribution is 2.55. The average molecular weight is 544 g/mol. The van der Waals surface area contributed by atoms with E-state index in [1.54, 1.807) is 36.3 Å². The Morgan fingerprint density at radius 3 is 2.65 bits per heavy atom. The maximum Gasteiger partial charge on any atom is 0.246 e. The number of likely N-dealkylation sites (tertiary alicyclic amines) is 1. The lowest BCUT2D eigenvalue weighted by molar-refractivity contribution is -0.141. The Labute approximate surface area is 235 Å². The van der Waals surface area contributed by atoms with Gasteiger partial charge in [0.25, 0.3) is 0 Å². The molecule has 2 bridgehead atoms. The molecule has 8 heteroatoms. The van der Waals surface area contributed by atoms with Crippen LogP contribution in [0.3, 0.4) is 0 Å². The number of carbonyl (C=O) groups is 3. The summed E-state index contributed by atoms with van der Waals surface area (Å²) in [6.45, 7) is 2.54. The molecule has 8 nitrogen and oxygen atoms in total. The van der Waals surface area contributed by atoms with Gasteiger partial charge in [-0.05, 0) is 42.9 Å². The van der Waals surface area contributed by atoms with Crippen molar-refractivity contribution in [1.82, 2.24) is 10.2 Å². The normalized spacial score (nSPS) is 32.1.